The van der Waals surface area contributed by atoms with Crippen LogP contribution in [0.25, 0.3) is 0 Å². The number of nitrogens with two attached hydrogens (primary N) is 1. The first-order valence-electron chi connectivity index (χ1n) is 3.66. The molecule has 5 heteroatoms. The minimum absolute atomic E-state index is 0.0873. The molecule has 0 aliphatic carbocycles. The highest BCUT2D eigenvalue weighted by Gasteiger charge is 2.09. The summed E-state index contributed by atoms with van der Waals surface area (Å²) < 4.78 is 0.572. The van der Waals surface area contributed by atoms with E-state index in [2.05, 4.69) is 0 Å². The maximum Gasteiger partial charge on any atom is 0.217 e. The van der Waals surface area contributed by atoms with Gasteiger partial charge in [0.25, 0.3) is 0 Å². The molecule has 0 atom stereocenters. The lowest BCUT2D eigenvalue weighted by atomic mass is 10.2. The van der Waals surface area contributed by atoms with Crippen LogP contribution in [0.5, 0.6) is 0 Å². The molecular weight excluding hydrogens is 210 g/mol. The Morgan fingerprint density at radius 3 is 2.54 bits per heavy atom. The number of primary amides is 1. The fourth-order valence-corrected chi connectivity index (χ4v) is 1.83. The van der Waals surface area contributed by atoms with Crippen LogP contribution in [0.2, 0.25) is 4.34 Å². The summed E-state index contributed by atoms with van der Waals surface area (Å²) >= 11 is 6.85. The molecule has 0 aromatic carbocycles. The van der Waals surface area contributed by atoms with E-state index in [1.54, 1.807) is 12.1 Å². The van der Waals surface area contributed by atoms with Crippen LogP contribution < -0.4 is 5.73 Å². The lowest BCUT2D eigenvalue weighted by Crippen LogP contribution is -2.12. The van der Waals surface area contributed by atoms with Gasteiger partial charge in [0.1, 0.15) is 0 Å². The van der Waals surface area contributed by atoms with Gasteiger partial charge in [-0.2, -0.15) is 0 Å². The number of hydrogen-bond donors (Lipinski definition) is 1. The van der Waals surface area contributed by atoms with E-state index in [9.17, 15) is 9.59 Å². The van der Waals surface area contributed by atoms with Gasteiger partial charge >= 0.3 is 0 Å². The average Bonchev–Trinajstić information content (AvgIpc) is 2.47. The van der Waals surface area contributed by atoms with E-state index in [-0.39, 0.29) is 18.6 Å². The summed E-state index contributed by atoms with van der Waals surface area (Å²) in [4.78, 5) is 22.3. The van der Waals surface area contributed by atoms with Gasteiger partial charge in [-0.15, -0.1) is 11.3 Å². The van der Waals surface area contributed by atoms with Crippen molar-refractivity contribution in [2.24, 2.45) is 5.73 Å². The van der Waals surface area contributed by atoms with E-state index in [4.69, 9.17) is 17.3 Å². The molecule has 0 saturated carbocycles. The van der Waals surface area contributed by atoms with E-state index in [0.717, 1.165) is 0 Å². The summed E-state index contributed by atoms with van der Waals surface area (Å²) in [6.45, 7) is 0. The standard InChI is InChI=1S/C8H8ClNO2S/c9-7-3-2-6(13-7)5(11)1-4-8(10)12/h2-3H,1,4H2,(H2,10,12). The van der Waals surface area contributed by atoms with Crippen LogP contribution in [0.1, 0.15) is 22.5 Å². The molecule has 1 aromatic rings. The highest BCUT2D eigenvalue weighted by molar-refractivity contribution is 7.18. The molecule has 1 amide bonds. The summed E-state index contributed by atoms with van der Waals surface area (Å²) in [5, 5.41) is 0. The van der Waals surface area contributed by atoms with E-state index >= 15 is 0 Å². The van der Waals surface area contributed by atoms with Crippen molar-refractivity contribution in [3.8, 4) is 0 Å². The number of halogens is 1. The first-order chi connectivity index (χ1) is 6.09. The van der Waals surface area contributed by atoms with Gasteiger partial charge in [0, 0.05) is 12.8 Å². The molecular formula is C8H8ClNO2S. The Hall–Kier alpha value is -0.870. The van der Waals surface area contributed by atoms with Crippen molar-refractivity contribution in [1.82, 2.24) is 0 Å². The molecule has 0 spiro atoms. The monoisotopic (exact) mass is 217 g/mol. The molecule has 0 fully saturated rings. The summed E-state index contributed by atoms with van der Waals surface area (Å²) in [7, 11) is 0. The molecule has 0 bridgehead atoms. The maximum atomic E-state index is 11.3. The van der Waals surface area contributed by atoms with E-state index < -0.39 is 5.91 Å². The van der Waals surface area contributed by atoms with Gasteiger partial charge in [-0.05, 0) is 12.1 Å². The number of carbonyl (C=O) groups is 2. The van der Waals surface area contributed by atoms with Gasteiger partial charge in [0.2, 0.25) is 5.91 Å². The van der Waals surface area contributed by atoms with E-state index in [1.165, 1.54) is 11.3 Å². The van der Waals surface area contributed by atoms with E-state index in [1.807, 2.05) is 0 Å². The number of carbonyl (C=O) groups excluding carboxylic acids is 2. The maximum absolute atomic E-state index is 11.3. The van der Waals surface area contributed by atoms with Crippen molar-refractivity contribution >= 4 is 34.6 Å². The van der Waals surface area contributed by atoms with Crippen molar-refractivity contribution in [3.05, 3.63) is 21.3 Å². The predicted octanol–water partition coefficient (Wildman–Crippen LogP) is 1.85. The third-order valence-corrected chi connectivity index (χ3v) is 2.72. The first kappa shape index (κ1) is 10.2. The zero-order valence-corrected chi connectivity index (χ0v) is 8.32. The molecule has 0 radical (unpaired) electrons. The SMILES string of the molecule is NC(=O)CCC(=O)c1ccc(Cl)s1. The molecule has 1 rings (SSSR count). The second kappa shape index (κ2) is 4.39. The number of rotatable bonds is 4. The number of ketones is 1. The number of Topliss-reactive ketones (excluding diaryl/α,β-unsaturated/α-hetero) is 1. The Morgan fingerprint density at radius 1 is 1.38 bits per heavy atom. The van der Waals surface area contributed by atoms with Gasteiger partial charge in [0.15, 0.2) is 5.78 Å². The quantitative estimate of drug-likeness (QED) is 0.783. The Labute approximate surface area is 84.5 Å². The Kier molecular flexibility index (Phi) is 3.45. The average molecular weight is 218 g/mol. The Morgan fingerprint density at radius 2 is 2.08 bits per heavy atom. The van der Waals surface area contributed by atoms with Gasteiger partial charge in [-0.3, -0.25) is 9.59 Å². The lowest BCUT2D eigenvalue weighted by Gasteiger charge is -1.93. The molecule has 1 aromatic heterocycles. The summed E-state index contributed by atoms with van der Waals surface area (Å²) in [6, 6.07) is 3.31. The van der Waals surface area contributed by atoms with Gasteiger partial charge in [-0.1, -0.05) is 11.6 Å². The van der Waals surface area contributed by atoms with Crippen molar-refractivity contribution in [3.63, 3.8) is 0 Å². The number of thiophene rings is 1. The third-order valence-electron chi connectivity index (χ3n) is 1.45. The molecule has 0 saturated heterocycles. The molecule has 70 valence electrons. The highest BCUT2D eigenvalue weighted by Crippen LogP contribution is 2.22. The molecule has 0 aliphatic heterocycles. The fourth-order valence-electron chi connectivity index (χ4n) is 0.824. The number of hydrogen-bond acceptors (Lipinski definition) is 3. The van der Waals surface area contributed by atoms with Crippen LogP contribution in [-0.4, -0.2) is 11.7 Å². The largest absolute Gasteiger partial charge is 0.370 e. The number of amides is 1. The van der Waals surface area contributed by atoms with Crippen molar-refractivity contribution in [2.45, 2.75) is 12.8 Å². The Balaban J connectivity index is 2.54. The lowest BCUT2D eigenvalue weighted by molar-refractivity contribution is -0.117. The molecule has 2 N–H and O–H groups in total. The molecule has 3 nitrogen and oxygen atoms in total. The van der Waals surface area contributed by atoms with E-state index in [0.29, 0.717) is 9.21 Å². The predicted molar refractivity (Wildman–Crippen MR) is 52.1 cm³/mol. The van der Waals surface area contributed by atoms with Crippen LogP contribution in [0, 0.1) is 0 Å². The third kappa shape index (κ3) is 3.16. The summed E-state index contributed by atoms with van der Waals surface area (Å²) in [6.07, 6.45) is 0.251. The second-order valence-electron chi connectivity index (χ2n) is 2.49. The van der Waals surface area contributed by atoms with Gasteiger partial charge < -0.3 is 5.73 Å². The van der Waals surface area contributed by atoms with Crippen LogP contribution in [-0.2, 0) is 4.79 Å². The normalized spacial score (nSPS) is 9.92. The van der Waals surface area contributed by atoms with Crippen LogP contribution >= 0.6 is 22.9 Å². The molecule has 0 aliphatic rings. The Bertz CT molecular complexity index is 335. The smallest absolute Gasteiger partial charge is 0.217 e. The summed E-state index contributed by atoms with van der Waals surface area (Å²) in [5.74, 6) is -0.549. The molecule has 13 heavy (non-hydrogen) atoms. The zero-order chi connectivity index (χ0) is 9.84. The van der Waals surface area contributed by atoms with Crippen LogP contribution in [0.15, 0.2) is 12.1 Å². The van der Waals surface area contributed by atoms with Crippen molar-refractivity contribution in [2.75, 3.05) is 0 Å². The highest BCUT2D eigenvalue weighted by atomic mass is 35.5. The molecule has 1 heterocycles. The zero-order valence-electron chi connectivity index (χ0n) is 6.75. The van der Waals surface area contributed by atoms with Gasteiger partial charge in [0.05, 0.1) is 9.21 Å². The van der Waals surface area contributed by atoms with Crippen LogP contribution in [0.3, 0.4) is 0 Å². The minimum atomic E-state index is -0.462. The van der Waals surface area contributed by atoms with Crippen molar-refractivity contribution in [1.29, 1.82) is 0 Å². The van der Waals surface area contributed by atoms with Gasteiger partial charge in [-0.25, -0.2) is 0 Å². The van der Waals surface area contributed by atoms with Crippen LogP contribution in [0.4, 0.5) is 0 Å². The van der Waals surface area contributed by atoms with Crippen molar-refractivity contribution < 1.29 is 9.59 Å². The topological polar surface area (TPSA) is 60.2 Å². The minimum Gasteiger partial charge on any atom is -0.370 e. The second-order valence-corrected chi connectivity index (χ2v) is 4.21. The fraction of sp³-hybridized carbons (Fsp3) is 0.250. The summed E-state index contributed by atoms with van der Waals surface area (Å²) in [5.41, 5.74) is 4.91. The molecule has 0 unspecified atom stereocenters. The first-order valence-corrected chi connectivity index (χ1v) is 4.86.